The molecule has 1 aromatic heterocycles. The van der Waals surface area contributed by atoms with Crippen LogP contribution in [0.2, 0.25) is 0 Å². The van der Waals surface area contributed by atoms with Gasteiger partial charge in [0.2, 0.25) is 5.91 Å². The van der Waals surface area contributed by atoms with Gasteiger partial charge in [0.1, 0.15) is 6.04 Å². The largest absolute Gasteiger partial charge is 0.352 e. The lowest BCUT2D eigenvalue weighted by molar-refractivity contribution is -0.122. The van der Waals surface area contributed by atoms with Crippen LogP contribution in [0.25, 0.3) is 22.2 Å². The monoisotopic (exact) mass is 539 g/mol. The SMILES string of the molecule is CCCCc1ccc2nc(-c3ccccc3)cc(C(=O)NC(CSCc3ccccc3)C(=O)NC(C)C)c2c1. The molecule has 2 N–H and O–H groups in total. The van der Waals surface area contributed by atoms with Crippen LogP contribution in [-0.4, -0.2) is 34.6 Å². The fourth-order valence-electron chi connectivity index (χ4n) is 4.43. The Balaban J connectivity index is 1.65. The molecule has 0 aliphatic rings. The molecular formula is C33H37N3O2S. The Bertz CT molecular complexity index is 1390. The molecule has 5 nitrogen and oxygen atoms in total. The molecule has 4 rings (SSSR count). The van der Waals surface area contributed by atoms with Crippen LogP contribution in [0.3, 0.4) is 0 Å². The summed E-state index contributed by atoms with van der Waals surface area (Å²) in [5, 5.41) is 6.84. The second-order valence-corrected chi connectivity index (χ2v) is 11.1. The van der Waals surface area contributed by atoms with Gasteiger partial charge in [-0.05, 0) is 56.0 Å². The number of unbranched alkanes of at least 4 members (excludes halogenated alkanes) is 1. The van der Waals surface area contributed by atoms with Gasteiger partial charge in [0.15, 0.2) is 0 Å². The zero-order valence-electron chi connectivity index (χ0n) is 22.9. The summed E-state index contributed by atoms with van der Waals surface area (Å²) in [6, 6.07) is 27.4. The minimum absolute atomic E-state index is 0.0245. The Morgan fingerprint density at radius 3 is 2.28 bits per heavy atom. The number of carbonyl (C=O) groups excluding carboxylic acids is 2. The predicted octanol–water partition coefficient (Wildman–Crippen LogP) is 6.80. The van der Waals surface area contributed by atoms with Gasteiger partial charge in [0, 0.05) is 28.5 Å². The van der Waals surface area contributed by atoms with Crippen LogP contribution in [0.1, 0.15) is 55.1 Å². The Hall–Kier alpha value is -3.64. The minimum atomic E-state index is -0.666. The van der Waals surface area contributed by atoms with Gasteiger partial charge in [0.25, 0.3) is 5.91 Å². The van der Waals surface area contributed by atoms with Gasteiger partial charge >= 0.3 is 0 Å². The van der Waals surface area contributed by atoms with E-state index in [0.717, 1.165) is 47.2 Å². The number of pyridine rings is 1. The molecule has 0 saturated heterocycles. The molecule has 0 saturated carbocycles. The molecule has 0 radical (unpaired) electrons. The van der Waals surface area contributed by atoms with Gasteiger partial charge in [-0.25, -0.2) is 4.98 Å². The summed E-state index contributed by atoms with van der Waals surface area (Å²) in [7, 11) is 0. The highest BCUT2D eigenvalue weighted by molar-refractivity contribution is 7.98. The normalized spacial score (nSPS) is 11.9. The molecule has 0 aliphatic heterocycles. The Morgan fingerprint density at radius 2 is 1.59 bits per heavy atom. The van der Waals surface area contributed by atoms with Crippen molar-refractivity contribution in [3.8, 4) is 11.3 Å². The first-order chi connectivity index (χ1) is 18.9. The third-order valence-corrected chi connectivity index (χ3v) is 7.56. The van der Waals surface area contributed by atoms with E-state index in [-0.39, 0.29) is 17.9 Å². The molecule has 0 aliphatic carbocycles. The smallest absolute Gasteiger partial charge is 0.252 e. The molecule has 39 heavy (non-hydrogen) atoms. The molecule has 2 amide bonds. The van der Waals surface area contributed by atoms with E-state index in [1.165, 1.54) is 11.1 Å². The van der Waals surface area contributed by atoms with Gasteiger partial charge in [-0.15, -0.1) is 0 Å². The number of nitrogens with zero attached hydrogens (tertiary/aromatic N) is 1. The molecule has 1 unspecified atom stereocenters. The van der Waals surface area contributed by atoms with E-state index in [2.05, 4.69) is 41.8 Å². The first-order valence-electron chi connectivity index (χ1n) is 13.7. The number of thioether (sulfide) groups is 1. The van der Waals surface area contributed by atoms with Gasteiger partial charge in [0.05, 0.1) is 16.8 Å². The highest BCUT2D eigenvalue weighted by atomic mass is 32.2. The van der Waals surface area contributed by atoms with Gasteiger partial charge < -0.3 is 10.6 Å². The summed E-state index contributed by atoms with van der Waals surface area (Å²) in [5.74, 6) is 0.787. The van der Waals surface area contributed by atoms with Crippen molar-refractivity contribution in [2.24, 2.45) is 0 Å². The van der Waals surface area contributed by atoms with E-state index < -0.39 is 6.04 Å². The molecule has 3 aromatic carbocycles. The highest BCUT2D eigenvalue weighted by Gasteiger charge is 2.24. The number of fused-ring (bicyclic) bond motifs is 1. The molecule has 1 heterocycles. The minimum Gasteiger partial charge on any atom is -0.352 e. The van der Waals surface area contributed by atoms with Crippen LogP contribution in [-0.2, 0) is 17.0 Å². The lowest BCUT2D eigenvalue weighted by Gasteiger charge is -2.20. The van der Waals surface area contributed by atoms with Crippen LogP contribution in [0.5, 0.6) is 0 Å². The fraction of sp³-hybridized carbons (Fsp3) is 0.303. The summed E-state index contributed by atoms with van der Waals surface area (Å²) in [5.41, 5.74) is 5.34. The van der Waals surface area contributed by atoms with E-state index in [4.69, 9.17) is 4.98 Å². The second-order valence-electron chi connectivity index (χ2n) is 10.1. The topological polar surface area (TPSA) is 71.1 Å². The van der Waals surface area contributed by atoms with Crippen LogP contribution in [0, 0.1) is 0 Å². The predicted molar refractivity (Wildman–Crippen MR) is 163 cm³/mol. The maximum atomic E-state index is 13.9. The van der Waals surface area contributed by atoms with Crippen molar-refractivity contribution < 1.29 is 9.59 Å². The maximum absolute atomic E-state index is 13.9. The lowest BCUT2D eigenvalue weighted by atomic mass is 9.99. The van der Waals surface area contributed by atoms with Crippen LogP contribution < -0.4 is 10.6 Å². The summed E-state index contributed by atoms with van der Waals surface area (Å²) in [6.45, 7) is 6.02. The summed E-state index contributed by atoms with van der Waals surface area (Å²) >= 11 is 1.63. The van der Waals surface area contributed by atoms with Crippen molar-refractivity contribution in [2.45, 2.75) is 57.9 Å². The fourth-order valence-corrected chi connectivity index (χ4v) is 5.44. The number of nitrogens with one attached hydrogen (secondary N) is 2. The Labute approximate surface area is 235 Å². The standard InChI is InChI=1S/C33H37N3O2S/c1-4-5-12-24-17-18-29-27(19-24)28(20-30(35-29)26-15-10-7-11-16-26)32(37)36-31(33(38)34-23(2)3)22-39-21-25-13-8-6-9-14-25/h6-11,13-20,23,31H,4-5,12,21-22H2,1-3H3,(H,34,38)(H,36,37). The number of aryl methyl sites for hydroxylation is 1. The molecular weight excluding hydrogens is 502 g/mol. The number of benzene rings is 3. The summed E-state index contributed by atoms with van der Waals surface area (Å²) < 4.78 is 0. The summed E-state index contributed by atoms with van der Waals surface area (Å²) in [4.78, 5) is 31.9. The molecule has 202 valence electrons. The quantitative estimate of drug-likeness (QED) is 0.208. The maximum Gasteiger partial charge on any atom is 0.252 e. The van der Waals surface area contributed by atoms with E-state index in [9.17, 15) is 9.59 Å². The van der Waals surface area contributed by atoms with Gasteiger partial charge in [-0.3, -0.25) is 9.59 Å². The zero-order chi connectivity index (χ0) is 27.6. The molecule has 0 bridgehead atoms. The number of amides is 2. The third kappa shape index (κ3) is 7.93. The number of rotatable bonds is 12. The highest BCUT2D eigenvalue weighted by Crippen LogP contribution is 2.27. The van der Waals surface area contributed by atoms with Gasteiger partial charge in [-0.1, -0.05) is 80.1 Å². The molecule has 0 spiro atoms. The second kappa shape index (κ2) is 13.9. The average molecular weight is 540 g/mol. The number of aromatic nitrogens is 1. The lowest BCUT2D eigenvalue weighted by Crippen LogP contribution is -2.50. The van der Waals surface area contributed by atoms with Crippen LogP contribution in [0.15, 0.2) is 84.9 Å². The van der Waals surface area contributed by atoms with Crippen molar-refractivity contribution in [2.75, 3.05) is 5.75 Å². The molecule has 0 fully saturated rings. The van der Waals surface area contributed by atoms with Gasteiger partial charge in [-0.2, -0.15) is 11.8 Å². The van der Waals surface area contributed by atoms with E-state index in [1.54, 1.807) is 11.8 Å². The number of hydrogen-bond acceptors (Lipinski definition) is 4. The summed E-state index contributed by atoms with van der Waals surface area (Å²) in [6.07, 6.45) is 3.13. The van der Waals surface area contributed by atoms with E-state index >= 15 is 0 Å². The van der Waals surface area contributed by atoms with Crippen LogP contribution >= 0.6 is 11.8 Å². The van der Waals surface area contributed by atoms with Crippen molar-refractivity contribution in [1.29, 1.82) is 0 Å². The molecule has 4 aromatic rings. The first-order valence-corrected chi connectivity index (χ1v) is 14.8. The van der Waals surface area contributed by atoms with Crippen LogP contribution in [0.4, 0.5) is 0 Å². The third-order valence-electron chi connectivity index (χ3n) is 6.46. The zero-order valence-corrected chi connectivity index (χ0v) is 23.8. The Kier molecular flexibility index (Phi) is 10.1. The van der Waals surface area contributed by atoms with Crippen molar-refractivity contribution in [3.05, 3.63) is 102 Å². The van der Waals surface area contributed by atoms with E-state index in [0.29, 0.717) is 11.3 Å². The first kappa shape index (κ1) is 28.4. The number of carbonyl (C=O) groups is 2. The van der Waals surface area contributed by atoms with E-state index in [1.807, 2.05) is 74.5 Å². The molecule has 1 atom stereocenters. The van der Waals surface area contributed by atoms with Crippen molar-refractivity contribution in [1.82, 2.24) is 15.6 Å². The molecule has 6 heteroatoms. The average Bonchev–Trinajstić information content (AvgIpc) is 2.95. The van der Waals surface area contributed by atoms with Crippen molar-refractivity contribution >= 4 is 34.5 Å². The van der Waals surface area contributed by atoms with Crippen molar-refractivity contribution in [3.63, 3.8) is 0 Å². The Morgan fingerprint density at radius 1 is 0.872 bits per heavy atom. The number of hydrogen-bond donors (Lipinski definition) is 2.